The molecule has 0 aromatic rings. The zero-order valence-electron chi connectivity index (χ0n) is 8.82. The fourth-order valence-corrected chi connectivity index (χ4v) is 1.02. The Bertz CT molecular complexity index is 168. The molecule has 0 N–H and O–H groups in total. The number of carbonyl (C=O) groups excluding carboxylic acids is 2. The smallest absolute Gasteiger partial charge is 0.164 e. The number of hydrogen-bond acceptors (Lipinski definition) is 4. The predicted molar refractivity (Wildman–Crippen MR) is 52.2 cm³/mol. The molecule has 1 atom stereocenters. The van der Waals surface area contributed by atoms with E-state index < -0.39 is 6.10 Å². The highest BCUT2D eigenvalue weighted by atomic mass is 16.5. The van der Waals surface area contributed by atoms with Gasteiger partial charge in [0.2, 0.25) is 0 Å². The van der Waals surface area contributed by atoms with Crippen LogP contribution in [-0.4, -0.2) is 38.0 Å². The van der Waals surface area contributed by atoms with E-state index in [9.17, 15) is 9.59 Å². The van der Waals surface area contributed by atoms with Crippen LogP contribution in [-0.2, 0) is 19.1 Å². The molecule has 0 aliphatic heterocycles. The Hall–Kier alpha value is -0.740. The molecule has 0 saturated carbocycles. The predicted octanol–water partition coefficient (Wildman–Crippen LogP) is 0.976. The van der Waals surface area contributed by atoms with Crippen molar-refractivity contribution in [2.24, 2.45) is 0 Å². The van der Waals surface area contributed by atoms with Gasteiger partial charge in [-0.05, 0) is 13.8 Å². The standard InChI is InChI=1S/C10H18O4/c1-3-13-8-10(14-4-2)9(12)6-5-7-11/h7,10H,3-6,8H2,1-2H3. The van der Waals surface area contributed by atoms with E-state index in [0.717, 1.165) is 6.29 Å². The van der Waals surface area contributed by atoms with Crippen LogP contribution in [0, 0.1) is 0 Å². The monoisotopic (exact) mass is 202 g/mol. The van der Waals surface area contributed by atoms with Gasteiger partial charge in [0, 0.05) is 26.1 Å². The Kier molecular flexibility index (Phi) is 8.37. The molecular formula is C10H18O4. The fraction of sp³-hybridized carbons (Fsp3) is 0.800. The molecule has 1 unspecified atom stereocenters. The van der Waals surface area contributed by atoms with Crippen molar-refractivity contribution in [3.05, 3.63) is 0 Å². The van der Waals surface area contributed by atoms with Crippen molar-refractivity contribution in [2.75, 3.05) is 19.8 Å². The van der Waals surface area contributed by atoms with Gasteiger partial charge in [0.05, 0.1) is 6.61 Å². The second-order valence-electron chi connectivity index (χ2n) is 2.78. The van der Waals surface area contributed by atoms with E-state index in [2.05, 4.69) is 0 Å². The topological polar surface area (TPSA) is 52.6 Å². The molecule has 0 heterocycles. The summed E-state index contributed by atoms with van der Waals surface area (Å²) in [5.41, 5.74) is 0. The first-order chi connectivity index (χ1) is 6.76. The quantitative estimate of drug-likeness (QED) is 0.523. The van der Waals surface area contributed by atoms with Crippen molar-refractivity contribution >= 4 is 12.1 Å². The van der Waals surface area contributed by atoms with Crippen LogP contribution in [0.4, 0.5) is 0 Å². The van der Waals surface area contributed by atoms with Crippen LogP contribution < -0.4 is 0 Å². The van der Waals surface area contributed by atoms with Gasteiger partial charge in [-0.2, -0.15) is 0 Å². The number of ketones is 1. The third-order valence-corrected chi connectivity index (χ3v) is 1.71. The molecule has 0 aromatic carbocycles. The van der Waals surface area contributed by atoms with E-state index >= 15 is 0 Å². The molecule has 0 spiro atoms. The maximum absolute atomic E-state index is 11.4. The van der Waals surface area contributed by atoms with E-state index in [1.54, 1.807) is 0 Å². The van der Waals surface area contributed by atoms with Gasteiger partial charge in [-0.3, -0.25) is 4.79 Å². The molecule has 0 aliphatic carbocycles. The Morgan fingerprint density at radius 1 is 1.36 bits per heavy atom. The highest BCUT2D eigenvalue weighted by Gasteiger charge is 2.17. The summed E-state index contributed by atoms with van der Waals surface area (Å²) in [6.45, 7) is 5.00. The van der Waals surface area contributed by atoms with Crippen molar-refractivity contribution in [1.29, 1.82) is 0 Å². The van der Waals surface area contributed by atoms with Crippen LogP contribution >= 0.6 is 0 Å². The SMILES string of the molecule is CCOCC(OCC)C(=O)CCC=O. The van der Waals surface area contributed by atoms with Gasteiger partial charge in [-0.15, -0.1) is 0 Å². The Morgan fingerprint density at radius 3 is 2.57 bits per heavy atom. The number of carbonyl (C=O) groups is 2. The molecule has 0 radical (unpaired) electrons. The summed E-state index contributed by atoms with van der Waals surface area (Å²) in [4.78, 5) is 21.5. The van der Waals surface area contributed by atoms with E-state index in [1.807, 2.05) is 13.8 Å². The second-order valence-corrected chi connectivity index (χ2v) is 2.78. The molecule has 0 saturated heterocycles. The maximum atomic E-state index is 11.4. The van der Waals surface area contributed by atoms with Crippen LogP contribution in [0.25, 0.3) is 0 Å². The Labute approximate surface area is 84.6 Å². The molecule has 0 amide bonds. The Morgan fingerprint density at radius 2 is 2.07 bits per heavy atom. The van der Waals surface area contributed by atoms with Crippen LogP contribution in [0.5, 0.6) is 0 Å². The zero-order valence-corrected chi connectivity index (χ0v) is 8.82. The van der Waals surface area contributed by atoms with Gasteiger partial charge in [0.1, 0.15) is 12.4 Å². The van der Waals surface area contributed by atoms with Crippen molar-refractivity contribution in [3.63, 3.8) is 0 Å². The summed E-state index contributed by atoms with van der Waals surface area (Å²) in [7, 11) is 0. The van der Waals surface area contributed by atoms with Crippen molar-refractivity contribution in [3.8, 4) is 0 Å². The summed E-state index contributed by atoms with van der Waals surface area (Å²) in [6.07, 6.45) is 0.720. The van der Waals surface area contributed by atoms with Crippen molar-refractivity contribution < 1.29 is 19.1 Å². The Balaban J connectivity index is 3.89. The van der Waals surface area contributed by atoms with Gasteiger partial charge < -0.3 is 14.3 Å². The third kappa shape index (κ3) is 5.83. The molecule has 0 fully saturated rings. The maximum Gasteiger partial charge on any atom is 0.164 e. The minimum Gasteiger partial charge on any atom is -0.379 e. The lowest BCUT2D eigenvalue weighted by atomic mass is 10.1. The summed E-state index contributed by atoms with van der Waals surface area (Å²) in [5, 5.41) is 0. The van der Waals surface area contributed by atoms with Gasteiger partial charge in [-0.25, -0.2) is 0 Å². The molecule has 0 rings (SSSR count). The van der Waals surface area contributed by atoms with Gasteiger partial charge in [0.25, 0.3) is 0 Å². The lowest BCUT2D eigenvalue weighted by molar-refractivity contribution is -0.135. The minimum absolute atomic E-state index is 0.0626. The summed E-state index contributed by atoms with van der Waals surface area (Å²) >= 11 is 0. The van der Waals surface area contributed by atoms with Gasteiger partial charge in [0.15, 0.2) is 5.78 Å². The zero-order chi connectivity index (χ0) is 10.8. The largest absolute Gasteiger partial charge is 0.379 e. The average Bonchev–Trinajstić information content (AvgIpc) is 2.20. The molecule has 0 aliphatic rings. The molecule has 0 aromatic heterocycles. The molecular weight excluding hydrogens is 184 g/mol. The number of rotatable bonds is 9. The number of hydrogen-bond donors (Lipinski definition) is 0. The van der Waals surface area contributed by atoms with Crippen molar-refractivity contribution in [2.45, 2.75) is 32.8 Å². The van der Waals surface area contributed by atoms with E-state index in [4.69, 9.17) is 9.47 Å². The summed E-state index contributed by atoms with van der Waals surface area (Å²) in [6, 6.07) is 0. The first kappa shape index (κ1) is 13.3. The number of aldehydes is 1. The van der Waals surface area contributed by atoms with Crippen LogP contribution in [0.15, 0.2) is 0 Å². The fourth-order valence-electron chi connectivity index (χ4n) is 1.02. The third-order valence-electron chi connectivity index (χ3n) is 1.71. The lowest BCUT2D eigenvalue weighted by Gasteiger charge is -2.14. The molecule has 14 heavy (non-hydrogen) atoms. The highest BCUT2D eigenvalue weighted by molar-refractivity contribution is 5.84. The van der Waals surface area contributed by atoms with Crippen molar-refractivity contribution in [1.82, 2.24) is 0 Å². The highest BCUT2D eigenvalue weighted by Crippen LogP contribution is 2.01. The van der Waals surface area contributed by atoms with Crippen LogP contribution in [0.1, 0.15) is 26.7 Å². The summed E-state index contributed by atoms with van der Waals surface area (Å²) < 4.78 is 10.3. The first-order valence-corrected chi connectivity index (χ1v) is 4.91. The molecule has 82 valence electrons. The minimum atomic E-state index is -0.514. The average molecular weight is 202 g/mol. The van der Waals surface area contributed by atoms with Gasteiger partial charge in [-0.1, -0.05) is 0 Å². The normalized spacial score (nSPS) is 12.4. The van der Waals surface area contributed by atoms with Crippen LogP contribution in [0.3, 0.4) is 0 Å². The van der Waals surface area contributed by atoms with E-state index in [-0.39, 0.29) is 25.2 Å². The summed E-state index contributed by atoms with van der Waals surface area (Å²) in [5.74, 6) is -0.0626. The second kappa shape index (κ2) is 8.84. The first-order valence-electron chi connectivity index (χ1n) is 4.91. The molecule has 4 heteroatoms. The van der Waals surface area contributed by atoms with E-state index in [1.165, 1.54) is 0 Å². The van der Waals surface area contributed by atoms with Gasteiger partial charge >= 0.3 is 0 Å². The molecule has 4 nitrogen and oxygen atoms in total. The lowest BCUT2D eigenvalue weighted by Crippen LogP contribution is -2.29. The number of Topliss-reactive ketones (excluding diaryl/α,β-unsaturated/α-hetero) is 1. The molecule has 0 bridgehead atoms. The number of ether oxygens (including phenoxy) is 2. The van der Waals surface area contributed by atoms with Crippen LogP contribution in [0.2, 0.25) is 0 Å². The van der Waals surface area contributed by atoms with E-state index in [0.29, 0.717) is 13.2 Å².